The Labute approximate surface area is 270 Å². The molecule has 3 aromatic carbocycles. The Balaban J connectivity index is 1.17. The minimum absolute atomic E-state index is 0.233. The van der Waals surface area contributed by atoms with Crippen molar-refractivity contribution in [3.63, 3.8) is 0 Å². The van der Waals surface area contributed by atoms with Gasteiger partial charge < -0.3 is 34.5 Å². The van der Waals surface area contributed by atoms with E-state index >= 15 is 0 Å². The highest BCUT2D eigenvalue weighted by Gasteiger charge is 2.21. The number of ether oxygens (including phenoxy) is 2. The molecule has 3 amide bonds. The number of nitrogens with zero attached hydrogens (tertiary/aromatic N) is 3. The zero-order chi connectivity index (χ0) is 32.6. The molecule has 10 nitrogen and oxygen atoms in total. The molecule has 0 saturated carbocycles. The van der Waals surface area contributed by atoms with Gasteiger partial charge in [-0.05, 0) is 92.7 Å². The van der Waals surface area contributed by atoms with Gasteiger partial charge in [-0.25, -0.2) is 0 Å². The molecule has 0 unspecified atom stereocenters. The maximum Gasteiger partial charge on any atom is 0.258 e. The maximum absolute atomic E-state index is 13.6. The van der Waals surface area contributed by atoms with Crippen molar-refractivity contribution < 1.29 is 23.9 Å². The monoisotopic (exact) mass is 625 g/mol. The van der Waals surface area contributed by atoms with Gasteiger partial charge in [-0.1, -0.05) is 12.1 Å². The number of hydrogen-bond donors (Lipinski definition) is 2. The molecule has 2 heterocycles. The van der Waals surface area contributed by atoms with E-state index in [0.29, 0.717) is 47.0 Å². The molecule has 0 atom stereocenters. The number of H-pyrrole nitrogens is 1. The van der Waals surface area contributed by atoms with Crippen molar-refractivity contribution in [3.05, 3.63) is 83.6 Å². The van der Waals surface area contributed by atoms with E-state index in [1.807, 2.05) is 48.4 Å². The Morgan fingerprint density at radius 2 is 1.67 bits per heavy atom. The van der Waals surface area contributed by atoms with Gasteiger partial charge in [0.05, 0.1) is 25.1 Å². The van der Waals surface area contributed by atoms with E-state index in [9.17, 15) is 14.4 Å². The number of aryl methyl sites for hydroxylation is 1. The van der Waals surface area contributed by atoms with Crippen LogP contribution in [0.1, 0.15) is 52.0 Å². The molecule has 1 aliphatic heterocycles. The van der Waals surface area contributed by atoms with Crippen molar-refractivity contribution in [2.24, 2.45) is 0 Å². The lowest BCUT2D eigenvalue weighted by Crippen LogP contribution is -2.47. The molecule has 2 N–H and O–H groups in total. The Bertz CT molecular complexity index is 1690. The first kappa shape index (κ1) is 32.6. The van der Waals surface area contributed by atoms with Gasteiger partial charge in [-0.15, -0.1) is 0 Å². The van der Waals surface area contributed by atoms with Gasteiger partial charge in [-0.3, -0.25) is 14.4 Å². The summed E-state index contributed by atoms with van der Waals surface area (Å²) in [6.07, 6.45) is 4.92. The number of rotatable bonds is 12. The molecule has 1 aromatic heterocycles. The van der Waals surface area contributed by atoms with Crippen LogP contribution < -0.4 is 19.7 Å². The Morgan fingerprint density at radius 1 is 0.891 bits per heavy atom. The predicted octanol–water partition coefficient (Wildman–Crippen LogP) is 5.73. The van der Waals surface area contributed by atoms with Gasteiger partial charge in [-0.2, -0.15) is 0 Å². The van der Waals surface area contributed by atoms with Crippen molar-refractivity contribution in [1.82, 2.24) is 14.8 Å². The van der Waals surface area contributed by atoms with Crippen LogP contribution in [-0.2, 0) is 4.79 Å². The summed E-state index contributed by atoms with van der Waals surface area (Å²) < 4.78 is 11.7. The fourth-order valence-electron chi connectivity index (χ4n) is 5.58. The van der Waals surface area contributed by atoms with E-state index in [-0.39, 0.29) is 17.7 Å². The highest BCUT2D eigenvalue weighted by Crippen LogP contribution is 2.32. The van der Waals surface area contributed by atoms with Crippen molar-refractivity contribution in [3.8, 4) is 11.5 Å². The van der Waals surface area contributed by atoms with Crippen LogP contribution in [0, 0.1) is 6.92 Å². The predicted molar refractivity (Wildman–Crippen MR) is 181 cm³/mol. The SMILES string of the molecule is COc1cc(C(=O)N(C)c2ccc(C)cc2OCCCCCC(=O)N2CCN(C)CC2)ccc1NC(=O)c1ccc2cc[nH]c2c1. The van der Waals surface area contributed by atoms with E-state index in [4.69, 9.17) is 9.47 Å². The van der Waals surface area contributed by atoms with Crippen LogP contribution in [-0.4, -0.2) is 86.5 Å². The molecule has 0 radical (unpaired) electrons. The Hall–Kier alpha value is -4.83. The van der Waals surface area contributed by atoms with Crippen LogP contribution in [0.25, 0.3) is 10.9 Å². The van der Waals surface area contributed by atoms with Crippen LogP contribution in [0.4, 0.5) is 11.4 Å². The van der Waals surface area contributed by atoms with Gasteiger partial charge in [0.15, 0.2) is 0 Å². The fraction of sp³-hybridized carbons (Fsp3) is 0.361. The number of anilines is 2. The van der Waals surface area contributed by atoms with Crippen molar-refractivity contribution in [2.45, 2.75) is 32.6 Å². The number of methoxy groups -OCH3 is 1. The number of benzene rings is 3. The summed E-state index contributed by atoms with van der Waals surface area (Å²) in [5, 5.41) is 3.91. The number of hydrogen-bond acceptors (Lipinski definition) is 6. The van der Waals surface area contributed by atoms with Gasteiger partial charge in [0.25, 0.3) is 11.8 Å². The molecule has 1 fully saturated rings. The number of nitrogens with one attached hydrogen (secondary N) is 2. The fourth-order valence-corrected chi connectivity index (χ4v) is 5.58. The number of unbranched alkanes of at least 4 members (excludes halogenated alkanes) is 2. The highest BCUT2D eigenvalue weighted by atomic mass is 16.5. The average Bonchev–Trinajstić information content (AvgIpc) is 3.54. The first-order valence-corrected chi connectivity index (χ1v) is 15.8. The number of piperazine rings is 1. The Kier molecular flexibility index (Phi) is 10.6. The summed E-state index contributed by atoms with van der Waals surface area (Å²) in [6.45, 7) is 5.94. The van der Waals surface area contributed by atoms with E-state index < -0.39 is 0 Å². The van der Waals surface area contributed by atoms with Crippen molar-refractivity contribution >= 4 is 40.0 Å². The molecule has 46 heavy (non-hydrogen) atoms. The number of likely N-dealkylation sites (N-methyl/N-ethyl adjacent to an activating group) is 1. The summed E-state index contributed by atoms with van der Waals surface area (Å²) in [4.78, 5) is 48.0. The number of amides is 3. The second kappa shape index (κ2) is 15.0. The van der Waals surface area contributed by atoms with E-state index in [1.165, 1.54) is 7.11 Å². The second-order valence-electron chi connectivity index (χ2n) is 11.8. The van der Waals surface area contributed by atoms with Crippen LogP contribution in [0.5, 0.6) is 11.5 Å². The first-order valence-electron chi connectivity index (χ1n) is 15.8. The zero-order valence-electron chi connectivity index (χ0n) is 27.1. The lowest BCUT2D eigenvalue weighted by Gasteiger charge is -2.32. The largest absolute Gasteiger partial charge is 0.495 e. The Morgan fingerprint density at radius 3 is 2.46 bits per heavy atom. The lowest BCUT2D eigenvalue weighted by molar-refractivity contribution is -0.132. The van der Waals surface area contributed by atoms with Crippen LogP contribution >= 0.6 is 0 Å². The van der Waals surface area contributed by atoms with Crippen LogP contribution in [0.15, 0.2) is 66.9 Å². The molecule has 242 valence electrons. The van der Waals surface area contributed by atoms with Gasteiger partial charge in [0, 0.05) is 62.5 Å². The molecular weight excluding hydrogens is 582 g/mol. The molecule has 4 aromatic rings. The number of carbonyl (C=O) groups is 3. The van der Waals surface area contributed by atoms with Gasteiger partial charge >= 0.3 is 0 Å². The minimum Gasteiger partial charge on any atom is -0.495 e. The molecule has 0 aliphatic carbocycles. The smallest absolute Gasteiger partial charge is 0.258 e. The quantitative estimate of drug-likeness (QED) is 0.195. The number of aromatic amines is 1. The van der Waals surface area contributed by atoms with Gasteiger partial charge in [0.1, 0.15) is 11.5 Å². The highest BCUT2D eigenvalue weighted by molar-refractivity contribution is 6.09. The third-order valence-electron chi connectivity index (χ3n) is 8.44. The summed E-state index contributed by atoms with van der Waals surface area (Å²) in [5.41, 5.74) is 3.91. The zero-order valence-corrected chi connectivity index (χ0v) is 27.1. The number of fused-ring (bicyclic) bond motifs is 1. The third kappa shape index (κ3) is 7.87. The van der Waals surface area contributed by atoms with Crippen molar-refractivity contribution in [2.75, 3.05) is 64.2 Å². The van der Waals surface area contributed by atoms with Crippen LogP contribution in [0.2, 0.25) is 0 Å². The molecule has 10 heteroatoms. The van der Waals surface area contributed by atoms with E-state index in [1.54, 1.807) is 42.3 Å². The standard InChI is InChI=1S/C36H43N5O5/c1-25-9-14-31(33(22-25)46-21-7-5-6-8-34(42)41-19-17-39(2)18-20-41)40(3)36(44)28-12-13-29(32(24-28)45-4)38-35(43)27-11-10-26-15-16-37-30(26)23-27/h9-16,22-24,37H,5-8,17-21H2,1-4H3,(H,38,43). The molecular formula is C36H43N5O5. The van der Waals surface area contributed by atoms with Gasteiger partial charge in [0.2, 0.25) is 5.91 Å². The minimum atomic E-state index is -0.283. The summed E-state index contributed by atoms with van der Waals surface area (Å²) in [6, 6.07) is 18.1. The number of carbonyl (C=O) groups excluding carboxylic acids is 3. The molecule has 0 bridgehead atoms. The molecule has 1 aliphatic rings. The van der Waals surface area contributed by atoms with E-state index in [2.05, 4.69) is 22.2 Å². The average molecular weight is 626 g/mol. The second-order valence-corrected chi connectivity index (χ2v) is 11.8. The third-order valence-corrected chi connectivity index (χ3v) is 8.44. The summed E-state index contributed by atoms with van der Waals surface area (Å²) in [7, 11) is 5.30. The molecule has 5 rings (SSSR count). The maximum atomic E-state index is 13.6. The lowest BCUT2D eigenvalue weighted by atomic mass is 10.1. The summed E-state index contributed by atoms with van der Waals surface area (Å²) >= 11 is 0. The normalized spacial score (nSPS) is 13.4. The first-order chi connectivity index (χ1) is 22.2. The summed E-state index contributed by atoms with van der Waals surface area (Å²) in [5.74, 6) is 0.703. The number of aromatic nitrogens is 1. The van der Waals surface area contributed by atoms with Crippen LogP contribution in [0.3, 0.4) is 0 Å². The topological polar surface area (TPSA) is 107 Å². The molecule has 1 saturated heterocycles. The van der Waals surface area contributed by atoms with Crippen molar-refractivity contribution in [1.29, 1.82) is 0 Å². The van der Waals surface area contributed by atoms with E-state index in [0.717, 1.165) is 61.9 Å². The molecule has 0 spiro atoms.